The van der Waals surface area contributed by atoms with Gasteiger partial charge in [-0.25, -0.2) is 4.79 Å². The maximum Gasteiger partial charge on any atom is 0.410 e. The van der Waals surface area contributed by atoms with E-state index in [0.29, 0.717) is 19.0 Å². The van der Waals surface area contributed by atoms with E-state index in [-0.39, 0.29) is 24.2 Å². The van der Waals surface area contributed by atoms with Crippen molar-refractivity contribution in [2.45, 2.75) is 59.0 Å². The molecule has 0 aromatic heterocycles. The molecule has 6 heteroatoms. The normalized spacial score (nSPS) is 17.5. The third kappa shape index (κ3) is 7.01. The molecule has 1 rings (SSSR count). The number of ether oxygens (including phenoxy) is 2. The summed E-state index contributed by atoms with van der Waals surface area (Å²) in [7, 11) is 1.28. The fourth-order valence-electron chi connectivity index (χ4n) is 2.70. The van der Waals surface area contributed by atoms with Crippen LogP contribution in [0.4, 0.5) is 4.79 Å². The van der Waals surface area contributed by atoms with E-state index in [1.807, 2.05) is 27.7 Å². The first-order valence-corrected chi connectivity index (χ1v) is 8.20. The van der Waals surface area contributed by atoms with Crippen molar-refractivity contribution in [2.24, 2.45) is 11.8 Å². The van der Waals surface area contributed by atoms with Gasteiger partial charge in [0.05, 0.1) is 7.11 Å². The molecule has 0 aromatic carbocycles. The first-order valence-electron chi connectivity index (χ1n) is 8.20. The van der Waals surface area contributed by atoms with Crippen LogP contribution in [0.25, 0.3) is 0 Å². The lowest BCUT2D eigenvalue weighted by atomic mass is 9.85. The summed E-state index contributed by atoms with van der Waals surface area (Å²) in [6, 6.07) is 0. The van der Waals surface area contributed by atoms with Crippen LogP contribution in [0, 0.1) is 11.8 Å². The van der Waals surface area contributed by atoms with E-state index < -0.39 is 11.6 Å². The molecule has 0 saturated carbocycles. The highest BCUT2D eigenvalue weighted by molar-refractivity contribution is 5.96. The summed E-state index contributed by atoms with van der Waals surface area (Å²) in [6.45, 7) is 8.71. The molecule has 1 fully saturated rings. The van der Waals surface area contributed by atoms with Crippen LogP contribution in [-0.4, -0.2) is 48.5 Å². The number of hydrogen-bond donors (Lipinski definition) is 0. The van der Waals surface area contributed by atoms with Gasteiger partial charge in [-0.1, -0.05) is 6.92 Å². The monoisotopic (exact) mass is 327 g/mol. The minimum absolute atomic E-state index is 0.0774. The fourth-order valence-corrected chi connectivity index (χ4v) is 2.70. The number of hydrogen-bond acceptors (Lipinski definition) is 5. The Kier molecular flexibility index (Phi) is 7.03. The van der Waals surface area contributed by atoms with Gasteiger partial charge in [-0.2, -0.15) is 0 Å². The summed E-state index contributed by atoms with van der Waals surface area (Å²) in [5.74, 6) is -0.328. The second-order valence-corrected chi connectivity index (χ2v) is 7.27. The highest BCUT2D eigenvalue weighted by Gasteiger charge is 2.28. The molecule has 1 aliphatic heterocycles. The number of amides is 1. The van der Waals surface area contributed by atoms with Crippen molar-refractivity contribution in [1.82, 2.24) is 4.90 Å². The molecule has 1 heterocycles. The molecule has 0 bridgehead atoms. The topological polar surface area (TPSA) is 72.9 Å². The van der Waals surface area contributed by atoms with E-state index in [1.165, 1.54) is 7.11 Å². The first kappa shape index (κ1) is 19.5. The number of esters is 1. The second-order valence-electron chi connectivity index (χ2n) is 7.27. The maximum atomic E-state index is 12.0. The molecular weight excluding hydrogens is 298 g/mol. The van der Waals surface area contributed by atoms with Crippen molar-refractivity contribution in [1.29, 1.82) is 0 Å². The van der Waals surface area contributed by atoms with E-state index in [1.54, 1.807) is 4.90 Å². The van der Waals surface area contributed by atoms with E-state index in [0.717, 1.165) is 19.3 Å². The Morgan fingerprint density at radius 3 is 2.22 bits per heavy atom. The van der Waals surface area contributed by atoms with Crippen molar-refractivity contribution in [3.8, 4) is 0 Å². The smallest absolute Gasteiger partial charge is 0.410 e. The van der Waals surface area contributed by atoms with Crippen molar-refractivity contribution in [3.63, 3.8) is 0 Å². The molecule has 0 aromatic rings. The van der Waals surface area contributed by atoms with Crippen molar-refractivity contribution in [3.05, 3.63) is 0 Å². The van der Waals surface area contributed by atoms with Crippen LogP contribution in [0.2, 0.25) is 0 Å². The Balaban J connectivity index is 2.37. The quantitative estimate of drug-likeness (QED) is 0.573. The zero-order chi connectivity index (χ0) is 17.6. The maximum absolute atomic E-state index is 12.0. The van der Waals surface area contributed by atoms with E-state index in [4.69, 9.17) is 4.74 Å². The lowest BCUT2D eigenvalue weighted by molar-refractivity contribution is -0.144. The zero-order valence-corrected chi connectivity index (χ0v) is 14.9. The predicted molar refractivity (Wildman–Crippen MR) is 86.0 cm³/mol. The van der Waals surface area contributed by atoms with Crippen LogP contribution < -0.4 is 0 Å². The SMILES string of the molecule is COC(=O)CC(=O)C(C)CC1CCN(C(=O)OC(C)(C)C)CC1. The standard InChI is InChI=1S/C17H29NO5/c1-12(14(19)11-15(20)22-5)10-13-6-8-18(9-7-13)16(21)23-17(2,3)4/h12-13H,6-11H2,1-5H3. The Labute approximate surface area is 138 Å². The van der Waals surface area contributed by atoms with Gasteiger partial charge in [-0.3, -0.25) is 9.59 Å². The lowest BCUT2D eigenvalue weighted by Gasteiger charge is -2.34. The summed E-state index contributed by atoms with van der Waals surface area (Å²) in [5.41, 5.74) is -0.483. The van der Waals surface area contributed by atoms with Crippen LogP contribution in [0.3, 0.4) is 0 Å². The van der Waals surface area contributed by atoms with Gasteiger partial charge in [-0.15, -0.1) is 0 Å². The molecule has 0 radical (unpaired) electrons. The number of likely N-dealkylation sites (tertiary alicyclic amines) is 1. The molecule has 0 spiro atoms. The minimum atomic E-state index is -0.485. The minimum Gasteiger partial charge on any atom is -0.469 e. The summed E-state index contributed by atoms with van der Waals surface area (Å²) >= 11 is 0. The van der Waals surface area contributed by atoms with Gasteiger partial charge < -0.3 is 14.4 Å². The number of piperidine rings is 1. The van der Waals surface area contributed by atoms with Gasteiger partial charge in [0, 0.05) is 19.0 Å². The van der Waals surface area contributed by atoms with Crippen molar-refractivity contribution in [2.75, 3.05) is 20.2 Å². The van der Waals surface area contributed by atoms with Gasteiger partial charge in [0.2, 0.25) is 0 Å². The van der Waals surface area contributed by atoms with Crippen molar-refractivity contribution >= 4 is 17.8 Å². The third-order valence-electron chi connectivity index (χ3n) is 4.05. The average molecular weight is 327 g/mol. The Morgan fingerprint density at radius 1 is 1.17 bits per heavy atom. The van der Waals surface area contributed by atoms with Gasteiger partial charge in [0.1, 0.15) is 17.8 Å². The number of Topliss-reactive ketones (excluding diaryl/α,β-unsaturated/α-hetero) is 1. The van der Waals surface area contributed by atoms with Crippen LogP contribution in [0.15, 0.2) is 0 Å². The number of carbonyl (C=O) groups excluding carboxylic acids is 3. The van der Waals surface area contributed by atoms with E-state index in [9.17, 15) is 14.4 Å². The molecule has 0 aliphatic carbocycles. The molecule has 23 heavy (non-hydrogen) atoms. The predicted octanol–water partition coefficient (Wildman–Crippen LogP) is 2.79. The highest BCUT2D eigenvalue weighted by Crippen LogP contribution is 2.26. The third-order valence-corrected chi connectivity index (χ3v) is 4.05. The number of carbonyl (C=O) groups is 3. The molecule has 6 nitrogen and oxygen atoms in total. The zero-order valence-electron chi connectivity index (χ0n) is 14.9. The summed E-state index contributed by atoms with van der Waals surface area (Å²) in [4.78, 5) is 36.8. The van der Waals surface area contributed by atoms with Crippen LogP contribution in [0.1, 0.15) is 53.4 Å². The van der Waals surface area contributed by atoms with Gasteiger partial charge in [0.25, 0.3) is 0 Å². The highest BCUT2D eigenvalue weighted by atomic mass is 16.6. The first-order chi connectivity index (χ1) is 10.6. The number of methoxy groups -OCH3 is 1. The largest absolute Gasteiger partial charge is 0.469 e. The van der Waals surface area contributed by atoms with Crippen LogP contribution in [0.5, 0.6) is 0 Å². The number of ketones is 1. The molecule has 132 valence electrons. The molecular formula is C17H29NO5. The van der Waals surface area contributed by atoms with Gasteiger partial charge in [-0.05, 0) is 46.0 Å². The number of nitrogens with zero attached hydrogens (tertiary/aromatic N) is 1. The van der Waals surface area contributed by atoms with Crippen LogP contribution in [-0.2, 0) is 19.1 Å². The number of rotatable bonds is 5. The van der Waals surface area contributed by atoms with E-state index in [2.05, 4.69) is 4.74 Å². The Bertz CT molecular complexity index is 433. The molecule has 1 aliphatic rings. The average Bonchev–Trinajstić information content (AvgIpc) is 2.45. The molecule has 1 saturated heterocycles. The van der Waals surface area contributed by atoms with Gasteiger partial charge >= 0.3 is 12.1 Å². The van der Waals surface area contributed by atoms with Crippen LogP contribution >= 0.6 is 0 Å². The summed E-state index contributed by atoms with van der Waals surface area (Å²) in [6.07, 6.45) is 2.03. The lowest BCUT2D eigenvalue weighted by Crippen LogP contribution is -2.42. The van der Waals surface area contributed by atoms with Gasteiger partial charge in [0.15, 0.2) is 0 Å². The summed E-state index contributed by atoms with van der Waals surface area (Å²) < 4.78 is 9.89. The van der Waals surface area contributed by atoms with Crippen molar-refractivity contribution < 1.29 is 23.9 Å². The molecule has 1 amide bonds. The fraction of sp³-hybridized carbons (Fsp3) is 0.824. The molecule has 1 atom stereocenters. The second kappa shape index (κ2) is 8.31. The summed E-state index contributed by atoms with van der Waals surface area (Å²) in [5, 5.41) is 0. The molecule has 0 N–H and O–H groups in total. The van der Waals surface area contributed by atoms with E-state index >= 15 is 0 Å². The molecule has 1 unspecified atom stereocenters. The Hall–Kier alpha value is -1.59. The Morgan fingerprint density at radius 2 is 1.74 bits per heavy atom.